The second kappa shape index (κ2) is 7.85. The van der Waals surface area contributed by atoms with Crippen LogP contribution in [0.2, 0.25) is 0 Å². The standard InChI is InChI=1S/C17H18N2O2/c1-2-14-8-10-16(11-9-14)21-13-17(20)19-18-12-15-6-4-3-5-7-15/h3-12H,2,13H2,1H3,(H,19,20)/b18-12-. The Hall–Kier alpha value is -2.62. The molecule has 0 aliphatic heterocycles. The molecule has 0 saturated carbocycles. The van der Waals surface area contributed by atoms with Gasteiger partial charge in [-0.05, 0) is 29.7 Å². The Balaban J connectivity index is 1.75. The summed E-state index contributed by atoms with van der Waals surface area (Å²) in [4.78, 5) is 11.6. The van der Waals surface area contributed by atoms with Crippen LogP contribution in [-0.2, 0) is 11.2 Å². The van der Waals surface area contributed by atoms with Crippen LogP contribution in [0, 0.1) is 0 Å². The summed E-state index contributed by atoms with van der Waals surface area (Å²) in [6, 6.07) is 17.2. The molecular formula is C17H18N2O2. The number of nitrogens with zero attached hydrogens (tertiary/aromatic N) is 1. The number of amides is 1. The zero-order chi connectivity index (χ0) is 14.9. The molecule has 108 valence electrons. The van der Waals surface area contributed by atoms with Crippen LogP contribution in [0.3, 0.4) is 0 Å². The van der Waals surface area contributed by atoms with Gasteiger partial charge in [-0.3, -0.25) is 4.79 Å². The van der Waals surface area contributed by atoms with Crippen molar-refractivity contribution in [1.29, 1.82) is 0 Å². The van der Waals surface area contributed by atoms with Crippen molar-refractivity contribution in [2.24, 2.45) is 5.10 Å². The van der Waals surface area contributed by atoms with Gasteiger partial charge in [0.25, 0.3) is 5.91 Å². The maximum absolute atomic E-state index is 11.6. The second-order valence-electron chi connectivity index (χ2n) is 4.49. The van der Waals surface area contributed by atoms with Crippen LogP contribution < -0.4 is 10.2 Å². The van der Waals surface area contributed by atoms with Crippen LogP contribution in [0.4, 0.5) is 0 Å². The molecule has 0 atom stereocenters. The van der Waals surface area contributed by atoms with Crippen LogP contribution in [0.1, 0.15) is 18.1 Å². The van der Waals surface area contributed by atoms with Crippen LogP contribution in [0.15, 0.2) is 59.7 Å². The van der Waals surface area contributed by atoms with Gasteiger partial charge in [0.1, 0.15) is 5.75 Å². The molecule has 2 aromatic carbocycles. The lowest BCUT2D eigenvalue weighted by Crippen LogP contribution is -2.24. The van der Waals surface area contributed by atoms with Gasteiger partial charge >= 0.3 is 0 Å². The molecule has 0 aliphatic rings. The van der Waals surface area contributed by atoms with Gasteiger partial charge in [-0.2, -0.15) is 5.10 Å². The molecule has 0 aliphatic carbocycles. The highest BCUT2D eigenvalue weighted by Crippen LogP contribution is 2.12. The van der Waals surface area contributed by atoms with Crippen molar-refractivity contribution in [2.75, 3.05) is 6.61 Å². The first-order valence-electron chi connectivity index (χ1n) is 6.86. The van der Waals surface area contributed by atoms with Crippen LogP contribution in [-0.4, -0.2) is 18.7 Å². The zero-order valence-corrected chi connectivity index (χ0v) is 12.0. The molecule has 1 amide bonds. The fraction of sp³-hybridized carbons (Fsp3) is 0.176. The van der Waals surface area contributed by atoms with Gasteiger partial charge in [0.15, 0.2) is 6.61 Å². The van der Waals surface area contributed by atoms with Crippen molar-refractivity contribution in [2.45, 2.75) is 13.3 Å². The molecular weight excluding hydrogens is 264 g/mol. The van der Waals surface area contributed by atoms with Gasteiger partial charge in [0.2, 0.25) is 0 Å². The first-order chi connectivity index (χ1) is 10.3. The summed E-state index contributed by atoms with van der Waals surface area (Å²) in [5.41, 5.74) is 4.59. The van der Waals surface area contributed by atoms with E-state index in [2.05, 4.69) is 17.5 Å². The van der Waals surface area contributed by atoms with Crippen LogP contribution in [0.25, 0.3) is 0 Å². The molecule has 0 spiro atoms. The topological polar surface area (TPSA) is 50.7 Å². The predicted molar refractivity (Wildman–Crippen MR) is 83.5 cm³/mol. The summed E-state index contributed by atoms with van der Waals surface area (Å²) < 4.78 is 5.38. The number of hydrazone groups is 1. The van der Waals surface area contributed by atoms with Gasteiger partial charge in [-0.25, -0.2) is 5.43 Å². The van der Waals surface area contributed by atoms with E-state index in [1.165, 1.54) is 5.56 Å². The Kier molecular flexibility index (Phi) is 5.52. The molecule has 0 aromatic heterocycles. The molecule has 2 rings (SSSR count). The van der Waals surface area contributed by atoms with E-state index < -0.39 is 0 Å². The molecule has 0 unspecified atom stereocenters. The molecule has 0 saturated heterocycles. The quantitative estimate of drug-likeness (QED) is 0.654. The van der Waals surface area contributed by atoms with Crippen molar-refractivity contribution in [3.63, 3.8) is 0 Å². The van der Waals surface area contributed by atoms with E-state index in [1.807, 2.05) is 54.6 Å². The van der Waals surface area contributed by atoms with E-state index in [0.717, 1.165) is 12.0 Å². The van der Waals surface area contributed by atoms with Gasteiger partial charge in [-0.1, -0.05) is 49.4 Å². The minimum atomic E-state index is -0.290. The third-order valence-electron chi connectivity index (χ3n) is 2.90. The highest BCUT2D eigenvalue weighted by Gasteiger charge is 2.01. The lowest BCUT2D eigenvalue weighted by molar-refractivity contribution is -0.123. The average Bonchev–Trinajstić information content (AvgIpc) is 2.54. The van der Waals surface area contributed by atoms with E-state index in [9.17, 15) is 4.79 Å². The van der Waals surface area contributed by atoms with E-state index in [0.29, 0.717) is 5.75 Å². The maximum Gasteiger partial charge on any atom is 0.277 e. The van der Waals surface area contributed by atoms with Crippen molar-refractivity contribution < 1.29 is 9.53 Å². The fourth-order valence-corrected chi connectivity index (χ4v) is 1.72. The molecule has 0 radical (unpaired) electrons. The van der Waals surface area contributed by atoms with E-state index >= 15 is 0 Å². The Labute approximate surface area is 124 Å². The summed E-state index contributed by atoms with van der Waals surface area (Å²) in [6.07, 6.45) is 2.57. The monoisotopic (exact) mass is 282 g/mol. The summed E-state index contributed by atoms with van der Waals surface area (Å²) in [7, 11) is 0. The Morgan fingerprint density at radius 2 is 1.86 bits per heavy atom. The Bertz CT molecular complexity index is 592. The Morgan fingerprint density at radius 3 is 2.52 bits per heavy atom. The van der Waals surface area contributed by atoms with Crippen molar-refractivity contribution in [3.8, 4) is 5.75 Å². The molecule has 1 N–H and O–H groups in total. The van der Waals surface area contributed by atoms with Crippen LogP contribution in [0.5, 0.6) is 5.75 Å². The van der Waals surface area contributed by atoms with Gasteiger partial charge in [-0.15, -0.1) is 0 Å². The first kappa shape index (κ1) is 14.8. The maximum atomic E-state index is 11.6. The SMILES string of the molecule is CCc1ccc(OCC(=O)N/N=C\c2ccccc2)cc1. The summed E-state index contributed by atoms with van der Waals surface area (Å²) >= 11 is 0. The van der Waals surface area contributed by atoms with Gasteiger partial charge < -0.3 is 4.74 Å². The van der Waals surface area contributed by atoms with E-state index in [-0.39, 0.29) is 12.5 Å². The molecule has 4 nitrogen and oxygen atoms in total. The molecule has 0 fully saturated rings. The Morgan fingerprint density at radius 1 is 1.14 bits per heavy atom. The molecule has 2 aromatic rings. The number of benzene rings is 2. The largest absolute Gasteiger partial charge is 0.484 e. The predicted octanol–water partition coefficient (Wildman–Crippen LogP) is 2.78. The lowest BCUT2D eigenvalue weighted by Gasteiger charge is -2.05. The third-order valence-corrected chi connectivity index (χ3v) is 2.90. The lowest BCUT2D eigenvalue weighted by atomic mass is 10.2. The molecule has 0 bridgehead atoms. The van der Waals surface area contributed by atoms with Crippen molar-refractivity contribution in [3.05, 3.63) is 65.7 Å². The van der Waals surface area contributed by atoms with E-state index in [4.69, 9.17) is 4.74 Å². The number of carbonyl (C=O) groups excluding carboxylic acids is 1. The highest BCUT2D eigenvalue weighted by atomic mass is 16.5. The number of ether oxygens (including phenoxy) is 1. The van der Waals surface area contributed by atoms with Crippen molar-refractivity contribution in [1.82, 2.24) is 5.43 Å². The van der Waals surface area contributed by atoms with Gasteiger partial charge in [0.05, 0.1) is 6.21 Å². The number of rotatable bonds is 6. The minimum absolute atomic E-state index is 0.0579. The van der Waals surface area contributed by atoms with Crippen LogP contribution >= 0.6 is 0 Å². The van der Waals surface area contributed by atoms with Crippen molar-refractivity contribution >= 4 is 12.1 Å². The third kappa shape index (κ3) is 5.10. The zero-order valence-electron chi connectivity index (χ0n) is 12.0. The number of hydrogen-bond donors (Lipinski definition) is 1. The smallest absolute Gasteiger partial charge is 0.277 e. The minimum Gasteiger partial charge on any atom is -0.484 e. The number of aryl methyl sites for hydroxylation is 1. The summed E-state index contributed by atoms with van der Waals surface area (Å²) in [5.74, 6) is 0.385. The van der Waals surface area contributed by atoms with Gasteiger partial charge in [0, 0.05) is 0 Å². The average molecular weight is 282 g/mol. The second-order valence-corrected chi connectivity index (χ2v) is 4.49. The molecule has 4 heteroatoms. The fourth-order valence-electron chi connectivity index (χ4n) is 1.72. The summed E-state index contributed by atoms with van der Waals surface area (Å²) in [5, 5.41) is 3.88. The normalized spacial score (nSPS) is 10.5. The first-order valence-corrected chi connectivity index (χ1v) is 6.86. The number of carbonyl (C=O) groups is 1. The number of hydrogen-bond acceptors (Lipinski definition) is 3. The highest BCUT2D eigenvalue weighted by molar-refractivity contribution is 5.82. The molecule has 21 heavy (non-hydrogen) atoms. The van der Waals surface area contributed by atoms with E-state index in [1.54, 1.807) is 6.21 Å². The number of nitrogens with one attached hydrogen (secondary N) is 1. The summed E-state index contributed by atoms with van der Waals surface area (Å²) in [6.45, 7) is 2.03. The molecule has 0 heterocycles.